The van der Waals surface area contributed by atoms with Crippen molar-refractivity contribution in [2.75, 3.05) is 19.0 Å². The molecule has 0 unspecified atom stereocenters. The van der Waals surface area contributed by atoms with Crippen LogP contribution in [0, 0.1) is 0 Å². The van der Waals surface area contributed by atoms with Gasteiger partial charge in [0.15, 0.2) is 11.5 Å². The molecule has 0 amide bonds. The van der Waals surface area contributed by atoms with E-state index in [-0.39, 0.29) is 6.10 Å². The van der Waals surface area contributed by atoms with Gasteiger partial charge in [0.05, 0.1) is 25.4 Å². The molecular weight excluding hydrogens is 360 g/mol. The van der Waals surface area contributed by atoms with Gasteiger partial charge in [-0.25, -0.2) is 9.48 Å². The number of allylic oxidation sites excluding steroid dienone is 1. The summed E-state index contributed by atoms with van der Waals surface area (Å²) >= 11 is 0. The number of methoxy groups -OCH3 is 1. The number of anilines is 1. The third-order valence-corrected chi connectivity index (χ3v) is 4.32. The smallest absolute Gasteiger partial charge is 0.338 e. The standard InChI is InChI=1S/C20H26N4O4/c1-6-9-27-15-8-7-14(10-16(15)26-5)18-17(19(25)28-12(2)3)13(4)23-20-21-11-22-24(18)20/h7-8,10-12,18H,6,9H2,1-5H3,(H,21,22,23)/t18-/m1/s1. The Morgan fingerprint density at radius 3 is 2.79 bits per heavy atom. The van der Waals surface area contributed by atoms with Crippen molar-refractivity contribution in [2.24, 2.45) is 0 Å². The fourth-order valence-electron chi connectivity index (χ4n) is 3.13. The lowest BCUT2D eigenvalue weighted by Crippen LogP contribution is -2.30. The van der Waals surface area contributed by atoms with Crippen LogP contribution in [0.25, 0.3) is 0 Å². The number of rotatable bonds is 7. The Bertz CT molecular complexity index is 888. The average molecular weight is 386 g/mol. The molecular formula is C20H26N4O4. The van der Waals surface area contributed by atoms with E-state index in [0.29, 0.717) is 35.3 Å². The molecule has 1 atom stereocenters. The summed E-state index contributed by atoms with van der Waals surface area (Å²) in [5, 5.41) is 7.44. The molecule has 1 aromatic heterocycles. The molecule has 0 radical (unpaired) electrons. The lowest BCUT2D eigenvalue weighted by atomic mass is 9.95. The van der Waals surface area contributed by atoms with E-state index >= 15 is 0 Å². The van der Waals surface area contributed by atoms with E-state index in [1.54, 1.807) is 11.8 Å². The highest BCUT2D eigenvalue weighted by atomic mass is 16.5. The minimum atomic E-state index is -0.487. The van der Waals surface area contributed by atoms with Gasteiger partial charge in [-0.05, 0) is 44.9 Å². The summed E-state index contributed by atoms with van der Waals surface area (Å²) in [6.07, 6.45) is 2.12. The van der Waals surface area contributed by atoms with Gasteiger partial charge in [0, 0.05) is 5.70 Å². The molecule has 1 aromatic carbocycles. The number of esters is 1. The molecule has 8 heteroatoms. The first-order valence-corrected chi connectivity index (χ1v) is 9.35. The molecule has 2 aromatic rings. The molecule has 1 aliphatic heterocycles. The second kappa shape index (κ2) is 8.33. The number of carbonyl (C=O) groups excluding carboxylic acids is 1. The van der Waals surface area contributed by atoms with Crippen LogP contribution in [0.1, 0.15) is 45.7 Å². The Labute approximate surface area is 164 Å². The fourth-order valence-corrected chi connectivity index (χ4v) is 3.13. The molecule has 0 saturated heterocycles. The SMILES string of the molecule is CCCOc1ccc([C@@H]2C(C(=O)OC(C)C)=C(C)Nc3ncnn32)cc1OC. The van der Waals surface area contributed by atoms with Crippen LogP contribution in [0.2, 0.25) is 0 Å². The summed E-state index contributed by atoms with van der Waals surface area (Å²) < 4.78 is 18.4. The third-order valence-electron chi connectivity index (χ3n) is 4.32. The second-order valence-electron chi connectivity index (χ2n) is 6.81. The number of hydrogen-bond acceptors (Lipinski definition) is 7. The van der Waals surface area contributed by atoms with Crippen molar-refractivity contribution in [3.8, 4) is 11.5 Å². The van der Waals surface area contributed by atoms with Gasteiger partial charge in [-0.15, -0.1) is 0 Å². The normalized spacial score (nSPS) is 15.9. The average Bonchev–Trinajstić information content (AvgIpc) is 3.12. The van der Waals surface area contributed by atoms with Gasteiger partial charge in [-0.2, -0.15) is 10.1 Å². The summed E-state index contributed by atoms with van der Waals surface area (Å²) in [5.41, 5.74) is 1.99. The van der Waals surface area contributed by atoms with Crippen molar-refractivity contribution in [1.29, 1.82) is 0 Å². The van der Waals surface area contributed by atoms with E-state index in [1.807, 2.05) is 45.9 Å². The molecule has 28 heavy (non-hydrogen) atoms. The monoisotopic (exact) mass is 386 g/mol. The Hall–Kier alpha value is -3.03. The van der Waals surface area contributed by atoms with Crippen LogP contribution in [0.3, 0.4) is 0 Å². The maximum Gasteiger partial charge on any atom is 0.338 e. The number of aromatic nitrogens is 3. The highest BCUT2D eigenvalue weighted by Crippen LogP contribution is 2.38. The minimum absolute atomic E-state index is 0.232. The molecule has 8 nitrogen and oxygen atoms in total. The van der Waals surface area contributed by atoms with Crippen LogP contribution in [0.15, 0.2) is 35.8 Å². The van der Waals surface area contributed by atoms with Crippen LogP contribution in [0.4, 0.5) is 5.95 Å². The van der Waals surface area contributed by atoms with Crippen LogP contribution < -0.4 is 14.8 Å². The van der Waals surface area contributed by atoms with Crippen LogP contribution >= 0.6 is 0 Å². The van der Waals surface area contributed by atoms with E-state index in [4.69, 9.17) is 14.2 Å². The largest absolute Gasteiger partial charge is 0.493 e. The molecule has 2 heterocycles. The number of hydrogen-bond donors (Lipinski definition) is 1. The highest BCUT2D eigenvalue weighted by Gasteiger charge is 2.35. The Morgan fingerprint density at radius 2 is 2.11 bits per heavy atom. The van der Waals surface area contributed by atoms with Crippen molar-refractivity contribution in [3.63, 3.8) is 0 Å². The fraction of sp³-hybridized carbons (Fsp3) is 0.450. The number of benzene rings is 1. The van der Waals surface area contributed by atoms with Gasteiger partial charge >= 0.3 is 5.97 Å². The molecule has 0 spiro atoms. The quantitative estimate of drug-likeness (QED) is 0.730. The van der Waals surface area contributed by atoms with Crippen molar-refractivity contribution in [1.82, 2.24) is 14.8 Å². The van der Waals surface area contributed by atoms with E-state index in [9.17, 15) is 4.79 Å². The first kappa shape index (κ1) is 19.7. The number of ether oxygens (including phenoxy) is 3. The molecule has 0 aliphatic carbocycles. The zero-order valence-electron chi connectivity index (χ0n) is 16.9. The molecule has 1 aliphatic rings. The van der Waals surface area contributed by atoms with E-state index in [2.05, 4.69) is 15.4 Å². The van der Waals surface area contributed by atoms with Crippen LogP contribution in [0.5, 0.6) is 11.5 Å². The number of nitrogens with one attached hydrogen (secondary N) is 1. The first-order valence-electron chi connectivity index (χ1n) is 9.35. The molecule has 0 saturated carbocycles. The maximum absolute atomic E-state index is 12.9. The zero-order valence-corrected chi connectivity index (χ0v) is 16.9. The van der Waals surface area contributed by atoms with Gasteiger partial charge < -0.3 is 19.5 Å². The molecule has 150 valence electrons. The predicted octanol–water partition coefficient (Wildman–Crippen LogP) is 3.32. The van der Waals surface area contributed by atoms with E-state index in [0.717, 1.165) is 12.0 Å². The van der Waals surface area contributed by atoms with E-state index < -0.39 is 12.0 Å². The van der Waals surface area contributed by atoms with Crippen molar-refractivity contribution in [3.05, 3.63) is 41.4 Å². The van der Waals surface area contributed by atoms with Gasteiger partial charge in [0.2, 0.25) is 5.95 Å². The molecule has 1 N–H and O–H groups in total. The minimum Gasteiger partial charge on any atom is -0.493 e. The number of nitrogens with zero attached hydrogens (tertiary/aromatic N) is 3. The molecule has 0 bridgehead atoms. The maximum atomic E-state index is 12.9. The van der Waals surface area contributed by atoms with Crippen LogP contribution in [-0.2, 0) is 9.53 Å². The Morgan fingerprint density at radius 1 is 1.32 bits per heavy atom. The van der Waals surface area contributed by atoms with Crippen molar-refractivity contribution in [2.45, 2.75) is 46.3 Å². The molecule has 0 fully saturated rings. The summed E-state index contributed by atoms with van der Waals surface area (Å²) in [7, 11) is 1.59. The zero-order chi connectivity index (χ0) is 20.3. The van der Waals surface area contributed by atoms with Gasteiger partial charge in [-0.1, -0.05) is 13.0 Å². The van der Waals surface area contributed by atoms with Crippen LogP contribution in [-0.4, -0.2) is 40.6 Å². The third kappa shape index (κ3) is 3.81. The Balaban J connectivity index is 2.07. The van der Waals surface area contributed by atoms with E-state index in [1.165, 1.54) is 6.33 Å². The van der Waals surface area contributed by atoms with Crippen molar-refractivity contribution >= 4 is 11.9 Å². The summed E-state index contributed by atoms with van der Waals surface area (Å²) in [5.74, 6) is 1.43. The summed E-state index contributed by atoms with van der Waals surface area (Å²) in [6.45, 7) is 8.12. The summed E-state index contributed by atoms with van der Waals surface area (Å²) in [4.78, 5) is 17.1. The lowest BCUT2D eigenvalue weighted by molar-refractivity contribution is -0.143. The number of carbonyl (C=O) groups is 1. The number of fused-ring (bicyclic) bond motifs is 1. The lowest BCUT2D eigenvalue weighted by Gasteiger charge is -2.29. The van der Waals surface area contributed by atoms with Gasteiger partial charge in [0.25, 0.3) is 0 Å². The topological polar surface area (TPSA) is 87.5 Å². The van der Waals surface area contributed by atoms with Gasteiger partial charge in [0.1, 0.15) is 12.4 Å². The Kier molecular flexibility index (Phi) is 5.87. The second-order valence-corrected chi connectivity index (χ2v) is 6.81. The van der Waals surface area contributed by atoms with Gasteiger partial charge in [-0.3, -0.25) is 0 Å². The molecule has 3 rings (SSSR count). The first-order chi connectivity index (χ1) is 13.5. The highest BCUT2D eigenvalue weighted by molar-refractivity contribution is 5.92. The summed E-state index contributed by atoms with van der Waals surface area (Å²) in [6, 6.07) is 5.13. The van der Waals surface area contributed by atoms with Crippen molar-refractivity contribution < 1.29 is 19.0 Å². The predicted molar refractivity (Wildman–Crippen MR) is 104 cm³/mol.